The molecular formula is C21H25N3O4S. The van der Waals surface area contributed by atoms with E-state index >= 15 is 0 Å². The summed E-state index contributed by atoms with van der Waals surface area (Å²) in [5.74, 6) is 0.809. The Morgan fingerprint density at radius 2 is 1.69 bits per heavy atom. The molecule has 0 aliphatic carbocycles. The zero-order chi connectivity index (χ0) is 21.2. The highest BCUT2D eigenvalue weighted by molar-refractivity contribution is 7.92. The lowest BCUT2D eigenvalue weighted by Gasteiger charge is -2.12. The number of anilines is 1. The van der Waals surface area contributed by atoms with Crippen LogP contribution in [0, 0.1) is 20.8 Å². The molecule has 0 amide bonds. The minimum atomic E-state index is -3.82. The van der Waals surface area contributed by atoms with Gasteiger partial charge in [-0.2, -0.15) is 5.10 Å². The van der Waals surface area contributed by atoms with Crippen LogP contribution in [0.15, 0.2) is 47.4 Å². The maximum absolute atomic E-state index is 13.0. The van der Waals surface area contributed by atoms with Gasteiger partial charge < -0.3 is 9.47 Å². The lowest BCUT2D eigenvalue weighted by Crippen LogP contribution is -2.14. The Labute approximate surface area is 171 Å². The second kappa shape index (κ2) is 8.16. The van der Waals surface area contributed by atoms with Gasteiger partial charge in [0.25, 0.3) is 10.0 Å². The summed E-state index contributed by atoms with van der Waals surface area (Å²) < 4.78 is 40.8. The largest absolute Gasteiger partial charge is 0.493 e. The minimum Gasteiger partial charge on any atom is -0.493 e. The maximum Gasteiger partial charge on any atom is 0.262 e. The van der Waals surface area contributed by atoms with Gasteiger partial charge in [0.15, 0.2) is 11.5 Å². The maximum atomic E-state index is 13.0. The van der Waals surface area contributed by atoms with Gasteiger partial charge in [0, 0.05) is 6.07 Å². The summed E-state index contributed by atoms with van der Waals surface area (Å²) >= 11 is 0. The highest BCUT2D eigenvalue weighted by atomic mass is 32.2. The number of methoxy groups -OCH3 is 2. The quantitative estimate of drug-likeness (QED) is 0.637. The average Bonchev–Trinajstić information content (AvgIpc) is 2.96. The van der Waals surface area contributed by atoms with Gasteiger partial charge in [-0.05, 0) is 44.0 Å². The molecular weight excluding hydrogens is 390 g/mol. The summed E-state index contributed by atoms with van der Waals surface area (Å²) in [4.78, 5) is 0.0839. The Balaban J connectivity index is 1.92. The van der Waals surface area contributed by atoms with Crippen LogP contribution in [0.4, 0.5) is 5.69 Å². The molecule has 1 heterocycles. The van der Waals surface area contributed by atoms with Crippen molar-refractivity contribution in [3.05, 3.63) is 65.0 Å². The predicted octanol–water partition coefficient (Wildman–Crippen LogP) is 3.67. The Kier molecular flexibility index (Phi) is 5.83. The van der Waals surface area contributed by atoms with E-state index in [-0.39, 0.29) is 4.90 Å². The van der Waals surface area contributed by atoms with E-state index < -0.39 is 10.0 Å². The third-order valence-electron chi connectivity index (χ3n) is 4.86. The van der Waals surface area contributed by atoms with Crippen LogP contribution in [0.25, 0.3) is 0 Å². The molecule has 154 valence electrons. The normalized spacial score (nSPS) is 11.3. The first-order valence-electron chi connectivity index (χ1n) is 9.10. The molecule has 29 heavy (non-hydrogen) atoms. The molecule has 0 atom stereocenters. The third kappa shape index (κ3) is 4.22. The number of sulfonamides is 1. The molecule has 0 aliphatic heterocycles. The molecule has 0 aliphatic rings. The number of aromatic nitrogens is 2. The Bertz CT molecular complexity index is 1140. The van der Waals surface area contributed by atoms with E-state index in [9.17, 15) is 8.42 Å². The third-order valence-corrected chi connectivity index (χ3v) is 6.21. The average molecular weight is 416 g/mol. The Morgan fingerprint density at radius 3 is 2.34 bits per heavy atom. The summed E-state index contributed by atoms with van der Waals surface area (Å²) in [6.45, 7) is 6.25. The molecule has 1 aromatic heterocycles. The number of nitrogens with one attached hydrogen (secondary N) is 1. The standard InChI is InChI=1S/C21H25N3O4S/c1-14-8-6-7-9-17(14)13-24-16(3)21(15(2)22-24)23-29(25,26)18-10-11-19(27-4)20(12-18)28-5/h6-12,23H,13H2,1-5H3. The van der Waals surface area contributed by atoms with Crippen LogP contribution in [-0.4, -0.2) is 32.4 Å². The van der Waals surface area contributed by atoms with Gasteiger partial charge in [0.1, 0.15) is 0 Å². The van der Waals surface area contributed by atoms with Crippen LogP contribution < -0.4 is 14.2 Å². The fourth-order valence-corrected chi connectivity index (χ4v) is 4.32. The fraction of sp³-hybridized carbons (Fsp3) is 0.286. The van der Waals surface area contributed by atoms with Crippen LogP contribution in [0.5, 0.6) is 11.5 Å². The monoisotopic (exact) mass is 415 g/mol. The summed E-state index contributed by atoms with van der Waals surface area (Å²) in [5, 5.41) is 4.53. The molecule has 0 bridgehead atoms. The summed E-state index contributed by atoms with van der Waals surface area (Å²) in [6, 6.07) is 12.5. The molecule has 3 aromatic rings. The molecule has 2 aromatic carbocycles. The van der Waals surface area contributed by atoms with Crippen molar-refractivity contribution in [2.24, 2.45) is 0 Å². The first kappa shape index (κ1) is 20.7. The number of aryl methyl sites for hydroxylation is 2. The van der Waals surface area contributed by atoms with E-state index in [1.165, 1.54) is 26.4 Å². The first-order chi connectivity index (χ1) is 13.8. The zero-order valence-electron chi connectivity index (χ0n) is 17.2. The van der Waals surface area contributed by atoms with Crippen LogP contribution in [0.2, 0.25) is 0 Å². The molecule has 0 spiro atoms. The van der Waals surface area contributed by atoms with Crippen LogP contribution in [0.1, 0.15) is 22.5 Å². The van der Waals surface area contributed by atoms with Crippen molar-refractivity contribution in [1.29, 1.82) is 0 Å². The molecule has 0 saturated heterocycles. The van der Waals surface area contributed by atoms with Gasteiger partial charge in [-0.25, -0.2) is 8.42 Å². The smallest absolute Gasteiger partial charge is 0.262 e. The molecule has 3 rings (SSSR count). The van der Waals surface area contributed by atoms with Crippen molar-refractivity contribution in [3.63, 3.8) is 0 Å². The van der Waals surface area contributed by atoms with Crippen molar-refractivity contribution in [3.8, 4) is 11.5 Å². The predicted molar refractivity (Wildman–Crippen MR) is 112 cm³/mol. The molecule has 0 unspecified atom stereocenters. The highest BCUT2D eigenvalue weighted by Gasteiger charge is 2.21. The van der Waals surface area contributed by atoms with Gasteiger partial charge >= 0.3 is 0 Å². The molecule has 0 saturated carbocycles. The van der Waals surface area contributed by atoms with Crippen molar-refractivity contribution in [2.45, 2.75) is 32.2 Å². The molecule has 1 N–H and O–H groups in total. The second-order valence-corrected chi connectivity index (χ2v) is 8.43. The van der Waals surface area contributed by atoms with E-state index in [0.29, 0.717) is 29.4 Å². The summed E-state index contributed by atoms with van der Waals surface area (Å²) in [6.07, 6.45) is 0. The number of hydrogen-bond donors (Lipinski definition) is 1. The minimum absolute atomic E-state index is 0.0839. The SMILES string of the molecule is COc1ccc(S(=O)(=O)Nc2c(C)nn(Cc3ccccc3C)c2C)cc1OC. The first-order valence-corrected chi connectivity index (χ1v) is 10.6. The van der Waals surface area contributed by atoms with Gasteiger partial charge in [-0.3, -0.25) is 9.40 Å². The topological polar surface area (TPSA) is 82.5 Å². The molecule has 8 heteroatoms. The van der Waals surface area contributed by atoms with E-state index in [4.69, 9.17) is 9.47 Å². The van der Waals surface area contributed by atoms with E-state index in [1.807, 2.05) is 42.8 Å². The Morgan fingerprint density at radius 1 is 1.00 bits per heavy atom. The molecule has 0 radical (unpaired) electrons. The van der Waals surface area contributed by atoms with Gasteiger partial charge in [0.05, 0.1) is 42.7 Å². The number of ether oxygens (including phenoxy) is 2. The zero-order valence-corrected chi connectivity index (χ0v) is 18.0. The second-order valence-electron chi connectivity index (χ2n) is 6.75. The Hall–Kier alpha value is -3.00. The van der Waals surface area contributed by atoms with E-state index in [0.717, 1.165) is 16.8 Å². The number of nitrogens with zero attached hydrogens (tertiary/aromatic N) is 2. The van der Waals surface area contributed by atoms with Crippen molar-refractivity contribution in [1.82, 2.24) is 9.78 Å². The van der Waals surface area contributed by atoms with Crippen LogP contribution in [-0.2, 0) is 16.6 Å². The van der Waals surface area contributed by atoms with Crippen LogP contribution in [0.3, 0.4) is 0 Å². The van der Waals surface area contributed by atoms with Crippen LogP contribution >= 0.6 is 0 Å². The lowest BCUT2D eigenvalue weighted by atomic mass is 10.1. The summed E-state index contributed by atoms with van der Waals surface area (Å²) in [7, 11) is -0.859. The van der Waals surface area contributed by atoms with Crippen molar-refractivity contribution >= 4 is 15.7 Å². The van der Waals surface area contributed by atoms with Gasteiger partial charge in [-0.15, -0.1) is 0 Å². The lowest BCUT2D eigenvalue weighted by molar-refractivity contribution is 0.354. The van der Waals surface area contributed by atoms with Crippen molar-refractivity contribution < 1.29 is 17.9 Å². The highest BCUT2D eigenvalue weighted by Crippen LogP contribution is 2.31. The number of rotatable bonds is 7. The fourth-order valence-electron chi connectivity index (χ4n) is 3.12. The number of benzene rings is 2. The number of hydrogen-bond acceptors (Lipinski definition) is 5. The summed E-state index contributed by atoms with van der Waals surface area (Å²) in [5.41, 5.74) is 4.13. The molecule has 7 nitrogen and oxygen atoms in total. The van der Waals surface area contributed by atoms with E-state index in [1.54, 1.807) is 13.0 Å². The van der Waals surface area contributed by atoms with E-state index in [2.05, 4.69) is 9.82 Å². The van der Waals surface area contributed by atoms with Gasteiger partial charge in [-0.1, -0.05) is 24.3 Å². The van der Waals surface area contributed by atoms with Crippen molar-refractivity contribution in [2.75, 3.05) is 18.9 Å². The molecule has 0 fully saturated rings. The van der Waals surface area contributed by atoms with Gasteiger partial charge in [0.2, 0.25) is 0 Å².